The van der Waals surface area contributed by atoms with Crippen LogP contribution in [0.15, 0.2) is 24.3 Å². The molecule has 1 saturated carbocycles. The Hall–Kier alpha value is -0.910. The molecule has 0 unspecified atom stereocenters. The molecule has 0 bridgehead atoms. The Morgan fingerprint density at radius 2 is 1.57 bits per heavy atom. The van der Waals surface area contributed by atoms with Crippen molar-refractivity contribution in [1.29, 1.82) is 0 Å². The van der Waals surface area contributed by atoms with Crippen LogP contribution in [0.2, 0.25) is 0 Å². The first-order valence-electron chi connectivity index (χ1n) is 5.68. The van der Waals surface area contributed by atoms with Gasteiger partial charge in [-0.3, -0.25) is 0 Å². The molecule has 1 aromatic carbocycles. The van der Waals surface area contributed by atoms with E-state index in [4.69, 9.17) is 0 Å². The lowest BCUT2D eigenvalue weighted by Crippen LogP contribution is -1.93. The normalized spacial score (nSPS) is 17.3. The van der Waals surface area contributed by atoms with Crippen molar-refractivity contribution >= 4 is 0 Å². The molecule has 1 aromatic rings. The molecule has 74 valence electrons. The van der Waals surface area contributed by atoms with Gasteiger partial charge in [0.1, 0.15) is 5.56 Å². The lowest BCUT2D eigenvalue weighted by atomic mass is 9.94. The van der Waals surface area contributed by atoms with Crippen LogP contribution in [-0.4, -0.2) is 0 Å². The van der Waals surface area contributed by atoms with Crippen molar-refractivity contribution in [2.24, 2.45) is 0 Å². The molecule has 14 heavy (non-hydrogen) atoms. The average Bonchev–Trinajstić information content (AvgIpc) is 2.71. The van der Waals surface area contributed by atoms with Crippen molar-refractivity contribution in [3.8, 4) is 0 Å². The van der Waals surface area contributed by atoms with Crippen LogP contribution >= 0.6 is 0 Å². The molecular formula is C14H19+. The SMILES string of the molecule is C[C+](C)c1ccc(C2CCCC2)cc1. The van der Waals surface area contributed by atoms with Gasteiger partial charge < -0.3 is 0 Å². The van der Waals surface area contributed by atoms with Gasteiger partial charge in [0.2, 0.25) is 0 Å². The highest BCUT2D eigenvalue weighted by Crippen LogP contribution is 2.34. The van der Waals surface area contributed by atoms with Crippen molar-refractivity contribution in [3.63, 3.8) is 0 Å². The van der Waals surface area contributed by atoms with Crippen LogP contribution in [0.25, 0.3) is 0 Å². The van der Waals surface area contributed by atoms with E-state index in [1.807, 2.05) is 0 Å². The van der Waals surface area contributed by atoms with E-state index in [1.165, 1.54) is 37.2 Å². The smallest absolute Gasteiger partial charge is 0.0527 e. The van der Waals surface area contributed by atoms with E-state index in [1.54, 1.807) is 5.56 Å². The summed E-state index contributed by atoms with van der Waals surface area (Å²) in [6.45, 7) is 4.34. The summed E-state index contributed by atoms with van der Waals surface area (Å²) < 4.78 is 0. The topological polar surface area (TPSA) is 0 Å². The molecule has 2 rings (SSSR count). The third-order valence-corrected chi connectivity index (χ3v) is 3.31. The molecule has 0 N–H and O–H groups in total. The summed E-state index contributed by atoms with van der Waals surface area (Å²) in [6.07, 6.45) is 5.64. The zero-order valence-corrected chi connectivity index (χ0v) is 9.22. The fraction of sp³-hybridized carbons (Fsp3) is 0.500. The third kappa shape index (κ3) is 1.95. The molecule has 0 amide bonds. The molecule has 0 radical (unpaired) electrons. The quantitative estimate of drug-likeness (QED) is 0.605. The van der Waals surface area contributed by atoms with Gasteiger partial charge in [-0.05, 0) is 36.5 Å². The second kappa shape index (κ2) is 4.08. The summed E-state index contributed by atoms with van der Waals surface area (Å²) >= 11 is 0. The van der Waals surface area contributed by atoms with Gasteiger partial charge >= 0.3 is 0 Å². The summed E-state index contributed by atoms with van der Waals surface area (Å²) in [5.41, 5.74) is 2.93. The van der Waals surface area contributed by atoms with Gasteiger partial charge in [0.05, 0.1) is 0 Å². The Morgan fingerprint density at radius 1 is 1.00 bits per heavy atom. The summed E-state index contributed by atoms with van der Waals surface area (Å²) in [5.74, 6) is 2.25. The van der Waals surface area contributed by atoms with Crippen LogP contribution < -0.4 is 0 Å². The Labute approximate surface area is 87.3 Å². The van der Waals surface area contributed by atoms with Crippen molar-refractivity contribution in [3.05, 3.63) is 41.3 Å². The summed E-state index contributed by atoms with van der Waals surface area (Å²) in [7, 11) is 0. The van der Waals surface area contributed by atoms with Gasteiger partial charge in [-0.2, -0.15) is 0 Å². The maximum atomic E-state index is 2.32. The predicted molar refractivity (Wildman–Crippen MR) is 61.3 cm³/mol. The van der Waals surface area contributed by atoms with Crippen molar-refractivity contribution in [1.82, 2.24) is 0 Å². The standard InChI is InChI=1S/C14H19/c1-11(2)12-7-9-14(10-8-12)13-5-3-4-6-13/h7-10,13H,3-6H2,1-2H3/q+1. The van der Waals surface area contributed by atoms with Crippen LogP contribution in [0.5, 0.6) is 0 Å². The molecule has 0 heterocycles. The highest BCUT2D eigenvalue weighted by molar-refractivity contribution is 5.32. The zero-order valence-electron chi connectivity index (χ0n) is 9.22. The highest BCUT2D eigenvalue weighted by Gasteiger charge is 2.18. The van der Waals surface area contributed by atoms with Crippen LogP contribution in [0.4, 0.5) is 0 Å². The molecule has 0 aliphatic heterocycles. The van der Waals surface area contributed by atoms with Crippen molar-refractivity contribution < 1.29 is 0 Å². The molecule has 0 nitrogen and oxygen atoms in total. The molecule has 0 aromatic heterocycles. The molecule has 1 aliphatic rings. The van der Waals surface area contributed by atoms with Crippen LogP contribution in [0.3, 0.4) is 0 Å². The molecule has 1 fully saturated rings. The van der Waals surface area contributed by atoms with E-state index in [0.29, 0.717) is 0 Å². The lowest BCUT2D eigenvalue weighted by Gasteiger charge is -2.07. The third-order valence-electron chi connectivity index (χ3n) is 3.31. The number of benzene rings is 1. The van der Waals surface area contributed by atoms with E-state index < -0.39 is 0 Å². The first-order valence-corrected chi connectivity index (χ1v) is 5.68. The van der Waals surface area contributed by atoms with Crippen LogP contribution in [0.1, 0.15) is 56.6 Å². The number of hydrogen-bond donors (Lipinski definition) is 0. The molecule has 1 aliphatic carbocycles. The molecule has 0 spiro atoms. The first kappa shape index (κ1) is 9.64. The molecule has 0 saturated heterocycles. The van der Waals surface area contributed by atoms with Gasteiger partial charge in [0, 0.05) is 31.9 Å². The Morgan fingerprint density at radius 3 is 2.07 bits per heavy atom. The van der Waals surface area contributed by atoms with E-state index in [9.17, 15) is 0 Å². The van der Waals surface area contributed by atoms with E-state index in [2.05, 4.69) is 38.1 Å². The largest absolute Gasteiger partial charge is 0.132 e. The molecule has 0 heteroatoms. The van der Waals surface area contributed by atoms with Crippen molar-refractivity contribution in [2.75, 3.05) is 0 Å². The second-order valence-electron chi connectivity index (χ2n) is 4.60. The average molecular weight is 187 g/mol. The Bertz CT molecular complexity index is 275. The van der Waals surface area contributed by atoms with Gasteiger partial charge in [-0.15, -0.1) is 0 Å². The van der Waals surface area contributed by atoms with Gasteiger partial charge in [-0.1, -0.05) is 12.8 Å². The van der Waals surface area contributed by atoms with Crippen LogP contribution in [-0.2, 0) is 0 Å². The first-order chi connectivity index (χ1) is 6.77. The fourth-order valence-electron chi connectivity index (χ4n) is 2.35. The van der Waals surface area contributed by atoms with E-state index in [-0.39, 0.29) is 0 Å². The fourth-order valence-corrected chi connectivity index (χ4v) is 2.35. The molecule has 0 atom stereocenters. The van der Waals surface area contributed by atoms with E-state index in [0.717, 1.165) is 5.92 Å². The highest BCUT2D eigenvalue weighted by atomic mass is 14.2. The number of hydrogen-bond acceptors (Lipinski definition) is 0. The zero-order chi connectivity index (χ0) is 9.97. The minimum absolute atomic E-state index is 0.848. The summed E-state index contributed by atoms with van der Waals surface area (Å²) in [4.78, 5) is 0. The monoisotopic (exact) mass is 187 g/mol. The number of rotatable bonds is 2. The Kier molecular flexibility index (Phi) is 2.81. The lowest BCUT2D eigenvalue weighted by molar-refractivity contribution is 0.723. The second-order valence-corrected chi connectivity index (χ2v) is 4.60. The van der Waals surface area contributed by atoms with Gasteiger partial charge in [0.25, 0.3) is 0 Å². The molecular weight excluding hydrogens is 168 g/mol. The van der Waals surface area contributed by atoms with Crippen molar-refractivity contribution in [2.45, 2.75) is 45.4 Å². The maximum absolute atomic E-state index is 2.32. The minimum atomic E-state index is 0.848. The maximum Gasteiger partial charge on any atom is 0.132 e. The summed E-state index contributed by atoms with van der Waals surface area (Å²) in [5, 5.41) is 0. The van der Waals surface area contributed by atoms with E-state index >= 15 is 0 Å². The van der Waals surface area contributed by atoms with Gasteiger partial charge in [0.15, 0.2) is 0 Å². The summed E-state index contributed by atoms with van der Waals surface area (Å²) in [6, 6.07) is 9.17. The minimum Gasteiger partial charge on any atom is -0.0527 e. The van der Waals surface area contributed by atoms with Gasteiger partial charge in [-0.25, -0.2) is 0 Å². The predicted octanol–water partition coefficient (Wildman–Crippen LogP) is 4.31. The van der Waals surface area contributed by atoms with Crippen LogP contribution in [0, 0.1) is 5.92 Å². The Balaban J connectivity index is 2.12.